The fourth-order valence-electron chi connectivity index (χ4n) is 2.60. The molecule has 0 bridgehead atoms. The Hall–Kier alpha value is -0.650. The summed E-state index contributed by atoms with van der Waals surface area (Å²) in [5.41, 5.74) is 0. The second kappa shape index (κ2) is 8.71. The first-order valence-corrected chi connectivity index (χ1v) is 8.12. The van der Waals surface area contributed by atoms with Crippen molar-refractivity contribution in [1.82, 2.24) is 15.1 Å². The van der Waals surface area contributed by atoms with Crippen molar-refractivity contribution in [3.63, 3.8) is 0 Å². The number of amides is 1. The van der Waals surface area contributed by atoms with Gasteiger partial charge in [0.1, 0.15) is 0 Å². The third kappa shape index (κ3) is 5.93. The van der Waals surface area contributed by atoms with Gasteiger partial charge in [-0.15, -0.1) is 0 Å². The Balaban J connectivity index is 2.48. The topological polar surface area (TPSA) is 44.8 Å². The smallest absolute Gasteiger partial charge is 0.241 e. The van der Waals surface area contributed by atoms with E-state index >= 15 is 0 Å². The van der Waals surface area contributed by atoms with E-state index in [0.29, 0.717) is 31.6 Å². The molecule has 21 heavy (non-hydrogen) atoms. The third-order valence-electron chi connectivity index (χ3n) is 3.82. The van der Waals surface area contributed by atoms with E-state index in [1.54, 1.807) is 0 Å². The molecule has 1 aliphatic heterocycles. The Morgan fingerprint density at radius 2 is 1.90 bits per heavy atom. The average Bonchev–Trinajstić information content (AvgIpc) is 2.65. The Labute approximate surface area is 130 Å². The maximum atomic E-state index is 12.5. The lowest BCUT2D eigenvalue weighted by atomic mass is 10.0. The summed E-state index contributed by atoms with van der Waals surface area (Å²) in [6, 6.07) is -0.0458. The number of ether oxygens (including phenoxy) is 1. The molecule has 124 valence electrons. The molecule has 0 aliphatic carbocycles. The van der Waals surface area contributed by atoms with Gasteiger partial charge in [-0.1, -0.05) is 27.7 Å². The lowest BCUT2D eigenvalue weighted by Crippen LogP contribution is -2.40. The SMILES string of the molecule is CC(C)CC1NC(C(C)C)C(=O)N1CCOCCN(C)C. The zero-order valence-corrected chi connectivity index (χ0v) is 14.6. The number of nitrogens with zero attached hydrogens (tertiary/aromatic N) is 2. The van der Waals surface area contributed by atoms with Crippen LogP contribution < -0.4 is 5.32 Å². The van der Waals surface area contributed by atoms with Crippen LogP contribution in [-0.2, 0) is 9.53 Å². The van der Waals surface area contributed by atoms with Gasteiger partial charge in [-0.05, 0) is 32.4 Å². The van der Waals surface area contributed by atoms with Crippen LogP contribution in [0.1, 0.15) is 34.1 Å². The van der Waals surface area contributed by atoms with Crippen LogP contribution in [0.2, 0.25) is 0 Å². The third-order valence-corrected chi connectivity index (χ3v) is 3.82. The molecule has 5 heteroatoms. The van der Waals surface area contributed by atoms with Crippen LogP contribution in [-0.4, -0.2) is 68.3 Å². The fourth-order valence-corrected chi connectivity index (χ4v) is 2.60. The molecule has 2 atom stereocenters. The first-order chi connectivity index (χ1) is 9.82. The van der Waals surface area contributed by atoms with Crippen LogP contribution >= 0.6 is 0 Å². The highest BCUT2D eigenvalue weighted by molar-refractivity contribution is 5.84. The molecule has 0 aromatic rings. The molecule has 0 saturated carbocycles. The van der Waals surface area contributed by atoms with Crippen LogP contribution in [0.15, 0.2) is 0 Å². The van der Waals surface area contributed by atoms with E-state index in [0.717, 1.165) is 13.0 Å². The van der Waals surface area contributed by atoms with Crippen LogP contribution in [0.3, 0.4) is 0 Å². The standard InChI is InChI=1S/C16H33N3O2/c1-12(2)11-14-17-15(13(3)4)16(20)19(14)8-10-21-9-7-18(5)6/h12-15,17H,7-11H2,1-6H3. The second-order valence-corrected chi connectivity index (χ2v) is 6.98. The number of carbonyl (C=O) groups is 1. The van der Waals surface area contributed by atoms with Crippen molar-refractivity contribution >= 4 is 5.91 Å². The summed E-state index contributed by atoms with van der Waals surface area (Å²) in [5.74, 6) is 1.12. The molecular formula is C16H33N3O2. The monoisotopic (exact) mass is 299 g/mol. The molecule has 1 rings (SSSR count). The molecule has 5 nitrogen and oxygen atoms in total. The molecule has 2 unspecified atom stereocenters. The molecule has 0 radical (unpaired) electrons. The van der Waals surface area contributed by atoms with Gasteiger partial charge in [0.05, 0.1) is 25.4 Å². The number of carbonyl (C=O) groups excluding carboxylic acids is 1. The van der Waals surface area contributed by atoms with Gasteiger partial charge in [-0.25, -0.2) is 0 Å². The van der Waals surface area contributed by atoms with Crippen molar-refractivity contribution < 1.29 is 9.53 Å². The second-order valence-electron chi connectivity index (χ2n) is 6.98. The van der Waals surface area contributed by atoms with Crippen LogP contribution in [0.25, 0.3) is 0 Å². The van der Waals surface area contributed by atoms with E-state index < -0.39 is 0 Å². The van der Waals surface area contributed by atoms with Gasteiger partial charge in [0, 0.05) is 13.1 Å². The average molecular weight is 299 g/mol. The number of hydrogen-bond donors (Lipinski definition) is 1. The van der Waals surface area contributed by atoms with Crippen molar-refractivity contribution in [3.8, 4) is 0 Å². The van der Waals surface area contributed by atoms with Crippen LogP contribution in [0, 0.1) is 11.8 Å². The fraction of sp³-hybridized carbons (Fsp3) is 0.938. The van der Waals surface area contributed by atoms with E-state index in [9.17, 15) is 4.79 Å². The van der Waals surface area contributed by atoms with Gasteiger partial charge in [0.2, 0.25) is 5.91 Å². The molecular weight excluding hydrogens is 266 g/mol. The largest absolute Gasteiger partial charge is 0.378 e. The molecule has 1 fully saturated rings. The maximum Gasteiger partial charge on any atom is 0.241 e. The van der Waals surface area contributed by atoms with Crippen molar-refractivity contribution in [3.05, 3.63) is 0 Å². The van der Waals surface area contributed by atoms with Crippen molar-refractivity contribution in [2.45, 2.75) is 46.3 Å². The van der Waals surface area contributed by atoms with Gasteiger partial charge in [-0.2, -0.15) is 0 Å². The van der Waals surface area contributed by atoms with Gasteiger partial charge in [-0.3, -0.25) is 10.1 Å². The Bertz CT molecular complexity index is 319. The molecule has 1 heterocycles. The van der Waals surface area contributed by atoms with E-state index in [4.69, 9.17) is 4.74 Å². The number of likely N-dealkylation sites (N-methyl/N-ethyl adjacent to an activating group) is 1. The lowest BCUT2D eigenvalue weighted by Gasteiger charge is -2.25. The Kier molecular flexibility index (Phi) is 7.63. The zero-order valence-electron chi connectivity index (χ0n) is 14.6. The summed E-state index contributed by atoms with van der Waals surface area (Å²) in [6.07, 6.45) is 1.15. The van der Waals surface area contributed by atoms with Crippen molar-refractivity contribution in [2.75, 3.05) is 40.4 Å². The molecule has 1 N–H and O–H groups in total. The van der Waals surface area contributed by atoms with Gasteiger partial charge < -0.3 is 14.5 Å². The van der Waals surface area contributed by atoms with Crippen LogP contribution in [0.5, 0.6) is 0 Å². The van der Waals surface area contributed by atoms with Gasteiger partial charge in [0.25, 0.3) is 0 Å². The minimum absolute atomic E-state index is 0.0458. The molecule has 0 spiro atoms. The molecule has 0 aromatic carbocycles. The Morgan fingerprint density at radius 3 is 2.43 bits per heavy atom. The summed E-state index contributed by atoms with van der Waals surface area (Å²) in [6.45, 7) is 11.5. The number of rotatable bonds is 9. The predicted molar refractivity (Wildman–Crippen MR) is 86.1 cm³/mol. The summed E-state index contributed by atoms with van der Waals surface area (Å²) >= 11 is 0. The maximum absolute atomic E-state index is 12.5. The highest BCUT2D eigenvalue weighted by atomic mass is 16.5. The zero-order chi connectivity index (χ0) is 16.0. The molecule has 0 aromatic heterocycles. The Morgan fingerprint density at radius 1 is 1.24 bits per heavy atom. The molecule has 1 aliphatic rings. The minimum atomic E-state index is -0.0458. The first-order valence-electron chi connectivity index (χ1n) is 8.12. The van der Waals surface area contributed by atoms with Gasteiger partial charge in [0.15, 0.2) is 0 Å². The predicted octanol–water partition coefficient (Wildman–Crippen LogP) is 1.39. The summed E-state index contributed by atoms with van der Waals surface area (Å²) in [7, 11) is 4.06. The molecule has 1 saturated heterocycles. The van der Waals surface area contributed by atoms with Crippen molar-refractivity contribution in [1.29, 1.82) is 0 Å². The first kappa shape index (κ1) is 18.4. The van der Waals surface area contributed by atoms with E-state index in [-0.39, 0.29) is 18.1 Å². The number of nitrogens with one attached hydrogen (secondary N) is 1. The minimum Gasteiger partial charge on any atom is -0.378 e. The highest BCUT2D eigenvalue weighted by Gasteiger charge is 2.39. The van der Waals surface area contributed by atoms with Gasteiger partial charge >= 0.3 is 0 Å². The summed E-state index contributed by atoms with van der Waals surface area (Å²) in [4.78, 5) is 16.6. The van der Waals surface area contributed by atoms with Crippen molar-refractivity contribution in [2.24, 2.45) is 11.8 Å². The van der Waals surface area contributed by atoms with Crippen LogP contribution in [0.4, 0.5) is 0 Å². The number of hydrogen-bond acceptors (Lipinski definition) is 4. The van der Waals surface area contributed by atoms with E-state index in [1.165, 1.54) is 0 Å². The molecule has 1 amide bonds. The highest BCUT2D eigenvalue weighted by Crippen LogP contribution is 2.21. The lowest BCUT2D eigenvalue weighted by molar-refractivity contribution is -0.131. The van der Waals surface area contributed by atoms with E-state index in [1.807, 2.05) is 19.0 Å². The van der Waals surface area contributed by atoms with E-state index in [2.05, 4.69) is 37.9 Å². The summed E-state index contributed by atoms with van der Waals surface area (Å²) in [5, 5.41) is 3.49. The normalized spacial score (nSPS) is 23.1. The summed E-state index contributed by atoms with van der Waals surface area (Å²) < 4.78 is 5.64. The quantitative estimate of drug-likeness (QED) is 0.654.